The van der Waals surface area contributed by atoms with Crippen molar-refractivity contribution in [1.82, 2.24) is 5.32 Å². The SMILES string of the molecule is CCOC(=O)CCNCC(=O)N1CCc2ccccc21. The highest BCUT2D eigenvalue weighted by molar-refractivity contribution is 5.96. The number of hydrogen-bond acceptors (Lipinski definition) is 4. The molecule has 5 heteroatoms. The molecule has 5 nitrogen and oxygen atoms in total. The third-order valence-corrected chi connectivity index (χ3v) is 3.28. The van der Waals surface area contributed by atoms with Gasteiger partial charge in [0.05, 0.1) is 19.6 Å². The van der Waals surface area contributed by atoms with Gasteiger partial charge in [0.1, 0.15) is 0 Å². The molecule has 1 aromatic carbocycles. The Bertz CT molecular complexity index is 488. The maximum Gasteiger partial charge on any atom is 0.307 e. The van der Waals surface area contributed by atoms with Crippen LogP contribution in [0.5, 0.6) is 0 Å². The van der Waals surface area contributed by atoms with E-state index in [1.165, 1.54) is 5.56 Å². The van der Waals surface area contributed by atoms with Crippen LogP contribution in [0.1, 0.15) is 18.9 Å². The average Bonchev–Trinajstić information content (AvgIpc) is 2.87. The monoisotopic (exact) mass is 276 g/mol. The van der Waals surface area contributed by atoms with E-state index >= 15 is 0 Å². The zero-order valence-electron chi connectivity index (χ0n) is 11.7. The second-order valence-electron chi connectivity index (χ2n) is 4.66. The Labute approximate surface area is 118 Å². The minimum Gasteiger partial charge on any atom is -0.466 e. The molecule has 1 heterocycles. The topological polar surface area (TPSA) is 58.6 Å². The average molecular weight is 276 g/mol. The van der Waals surface area contributed by atoms with Gasteiger partial charge in [-0.2, -0.15) is 0 Å². The molecule has 1 amide bonds. The molecule has 1 aromatic rings. The molecule has 0 aromatic heterocycles. The number of ether oxygens (including phenoxy) is 1. The summed E-state index contributed by atoms with van der Waals surface area (Å²) in [6.45, 7) is 3.60. The predicted molar refractivity (Wildman–Crippen MR) is 76.6 cm³/mol. The summed E-state index contributed by atoms with van der Waals surface area (Å²) in [4.78, 5) is 25.1. The highest BCUT2D eigenvalue weighted by Crippen LogP contribution is 2.27. The van der Waals surface area contributed by atoms with E-state index in [-0.39, 0.29) is 24.8 Å². The summed E-state index contributed by atoms with van der Waals surface area (Å²) in [5, 5.41) is 2.99. The molecule has 1 aliphatic heterocycles. The van der Waals surface area contributed by atoms with E-state index in [9.17, 15) is 9.59 Å². The molecule has 0 saturated heterocycles. The van der Waals surface area contributed by atoms with Gasteiger partial charge in [0.2, 0.25) is 5.91 Å². The van der Waals surface area contributed by atoms with Gasteiger partial charge < -0.3 is 15.0 Å². The Morgan fingerprint density at radius 3 is 2.95 bits per heavy atom. The molecule has 2 rings (SSSR count). The lowest BCUT2D eigenvalue weighted by molar-refractivity contribution is -0.143. The first-order valence-electron chi connectivity index (χ1n) is 6.97. The number of para-hydroxylation sites is 1. The van der Waals surface area contributed by atoms with Crippen LogP contribution < -0.4 is 10.2 Å². The molecule has 1 N–H and O–H groups in total. The number of nitrogens with zero attached hydrogens (tertiary/aromatic N) is 1. The standard InChI is InChI=1S/C15H20N2O3/c1-2-20-15(19)7-9-16-11-14(18)17-10-8-12-5-3-4-6-13(12)17/h3-6,16H,2,7-11H2,1H3. The van der Waals surface area contributed by atoms with Crippen LogP contribution in [0, 0.1) is 0 Å². The van der Waals surface area contributed by atoms with Crippen molar-refractivity contribution in [1.29, 1.82) is 0 Å². The summed E-state index contributed by atoms with van der Waals surface area (Å²) in [5.41, 5.74) is 2.22. The van der Waals surface area contributed by atoms with Crippen molar-refractivity contribution < 1.29 is 14.3 Å². The fourth-order valence-electron chi connectivity index (χ4n) is 2.31. The van der Waals surface area contributed by atoms with Gasteiger partial charge in [0.25, 0.3) is 0 Å². The third-order valence-electron chi connectivity index (χ3n) is 3.28. The van der Waals surface area contributed by atoms with Gasteiger partial charge in [-0.05, 0) is 25.0 Å². The van der Waals surface area contributed by atoms with E-state index in [0.29, 0.717) is 13.2 Å². The van der Waals surface area contributed by atoms with E-state index in [0.717, 1.165) is 18.7 Å². The molecule has 0 bridgehead atoms. The molecule has 0 radical (unpaired) electrons. The minimum atomic E-state index is -0.237. The number of esters is 1. The van der Waals surface area contributed by atoms with E-state index < -0.39 is 0 Å². The summed E-state index contributed by atoms with van der Waals surface area (Å²) < 4.78 is 4.82. The molecular weight excluding hydrogens is 256 g/mol. The van der Waals surface area contributed by atoms with Crippen LogP contribution >= 0.6 is 0 Å². The van der Waals surface area contributed by atoms with Gasteiger partial charge >= 0.3 is 5.97 Å². The molecule has 0 spiro atoms. The molecule has 0 unspecified atom stereocenters. The molecule has 20 heavy (non-hydrogen) atoms. The number of fused-ring (bicyclic) bond motifs is 1. The number of anilines is 1. The molecule has 1 aliphatic rings. The second-order valence-corrected chi connectivity index (χ2v) is 4.66. The van der Waals surface area contributed by atoms with Gasteiger partial charge in [0, 0.05) is 18.8 Å². The van der Waals surface area contributed by atoms with Gasteiger partial charge in [0.15, 0.2) is 0 Å². The summed E-state index contributed by atoms with van der Waals surface area (Å²) in [6, 6.07) is 7.96. The van der Waals surface area contributed by atoms with Crippen LogP contribution in [0.3, 0.4) is 0 Å². The Kier molecular flexibility index (Phi) is 5.12. The lowest BCUT2D eigenvalue weighted by Crippen LogP contribution is -2.37. The van der Waals surface area contributed by atoms with Crippen molar-refractivity contribution in [3.05, 3.63) is 29.8 Å². The zero-order valence-corrected chi connectivity index (χ0v) is 11.7. The number of amides is 1. The Balaban J connectivity index is 1.75. The lowest BCUT2D eigenvalue weighted by Gasteiger charge is -2.17. The maximum atomic E-state index is 12.1. The largest absolute Gasteiger partial charge is 0.466 e. The molecule has 108 valence electrons. The highest BCUT2D eigenvalue weighted by Gasteiger charge is 2.23. The number of rotatable bonds is 6. The molecular formula is C15H20N2O3. The number of nitrogens with one attached hydrogen (secondary N) is 1. The fraction of sp³-hybridized carbons (Fsp3) is 0.467. The summed E-state index contributed by atoms with van der Waals surface area (Å²) in [6.07, 6.45) is 1.20. The van der Waals surface area contributed by atoms with E-state index in [1.54, 1.807) is 11.8 Å². The predicted octanol–water partition coefficient (Wildman–Crippen LogP) is 1.12. The quantitative estimate of drug-likeness (QED) is 0.625. The van der Waals surface area contributed by atoms with Crippen LogP contribution in [0.4, 0.5) is 5.69 Å². The Morgan fingerprint density at radius 2 is 2.15 bits per heavy atom. The van der Waals surface area contributed by atoms with Crippen molar-refractivity contribution in [3.63, 3.8) is 0 Å². The van der Waals surface area contributed by atoms with Gasteiger partial charge in [-0.1, -0.05) is 18.2 Å². The minimum absolute atomic E-state index is 0.0406. The zero-order chi connectivity index (χ0) is 14.4. The van der Waals surface area contributed by atoms with Crippen molar-refractivity contribution >= 4 is 17.6 Å². The highest BCUT2D eigenvalue weighted by atomic mass is 16.5. The third kappa shape index (κ3) is 3.57. The van der Waals surface area contributed by atoms with Gasteiger partial charge in [-0.25, -0.2) is 0 Å². The van der Waals surface area contributed by atoms with Crippen LogP contribution in [-0.2, 0) is 20.7 Å². The number of carbonyl (C=O) groups excluding carboxylic acids is 2. The van der Waals surface area contributed by atoms with Crippen LogP contribution in [0.25, 0.3) is 0 Å². The number of benzene rings is 1. The molecule has 0 saturated carbocycles. The normalized spacial score (nSPS) is 13.2. The first-order valence-corrected chi connectivity index (χ1v) is 6.97. The Morgan fingerprint density at radius 1 is 1.35 bits per heavy atom. The number of hydrogen-bond donors (Lipinski definition) is 1. The first kappa shape index (κ1) is 14.5. The lowest BCUT2D eigenvalue weighted by atomic mass is 10.2. The molecule has 0 aliphatic carbocycles. The summed E-state index contributed by atoms with van der Waals surface area (Å²) >= 11 is 0. The molecule has 0 fully saturated rings. The molecule has 0 atom stereocenters. The van der Waals surface area contributed by atoms with Crippen molar-refractivity contribution in [2.75, 3.05) is 31.1 Å². The van der Waals surface area contributed by atoms with Crippen LogP contribution in [0.15, 0.2) is 24.3 Å². The fourth-order valence-corrected chi connectivity index (χ4v) is 2.31. The number of carbonyl (C=O) groups is 2. The van der Waals surface area contributed by atoms with Crippen molar-refractivity contribution in [2.45, 2.75) is 19.8 Å². The van der Waals surface area contributed by atoms with Crippen molar-refractivity contribution in [2.24, 2.45) is 0 Å². The van der Waals surface area contributed by atoms with Crippen molar-refractivity contribution in [3.8, 4) is 0 Å². The maximum absolute atomic E-state index is 12.1. The summed E-state index contributed by atoms with van der Waals surface area (Å²) in [7, 11) is 0. The van der Waals surface area contributed by atoms with E-state index in [1.807, 2.05) is 18.2 Å². The smallest absolute Gasteiger partial charge is 0.307 e. The van der Waals surface area contributed by atoms with E-state index in [2.05, 4.69) is 11.4 Å². The van der Waals surface area contributed by atoms with Crippen LogP contribution in [0.2, 0.25) is 0 Å². The first-order chi connectivity index (χ1) is 9.72. The van der Waals surface area contributed by atoms with E-state index in [4.69, 9.17) is 4.74 Å². The summed E-state index contributed by atoms with van der Waals surface area (Å²) in [5.74, 6) is -0.197. The Hall–Kier alpha value is -1.88. The van der Waals surface area contributed by atoms with Crippen LogP contribution in [-0.4, -0.2) is 38.1 Å². The van der Waals surface area contributed by atoms with Gasteiger partial charge in [-0.3, -0.25) is 9.59 Å². The van der Waals surface area contributed by atoms with Gasteiger partial charge in [-0.15, -0.1) is 0 Å². The second kappa shape index (κ2) is 7.05.